The van der Waals surface area contributed by atoms with Crippen molar-refractivity contribution in [3.8, 4) is 0 Å². The fourth-order valence-electron chi connectivity index (χ4n) is 4.10. The molecule has 3 unspecified atom stereocenters. The number of H-pyrrole nitrogens is 1. The quantitative estimate of drug-likeness (QED) is 0.760. The van der Waals surface area contributed by atoms with Crippen LogP contribution in [-0.2, 0) is 6.42 Å². The third-order valence-electron chi connectivity index (χ3n) is 4.78. The van der Waals surface area contributed by atoms with E-state index in [2.05, 4.69) is 48.3 Å². The lowest BCUT2D eigenvalue weighted by Crippen LogP contribution is -2.32. The van der Waals surface area contributed by atoms with Gasteiger partial charge in [0.1, 0.15) is 0 Å². The van der Waals surface area contributed by atoms with Crippen LogP contribution in [0, 0.1) is 5.92 Å². The number of aromatic nitrogens is 1. The number of likely N-dealkylation sites (N-methyl/N-ethyl adjacent to an activating group) is 1. The number of fused-ring (bicyclic) bond motifs is 2. The van der Waals surface area contributed by atoms with Gasteiger partial charge < -0.3 is 9.88 Å². The Morgan fingerprint density at radius 1 is 1.26 bits per heavy atom. The van der Waals surface area contributed by atoms with Gasteiger partial charge >= 0.3 is 0 Å². The van der Waals surface area contributed by atoms with Crippen molar-refractivity contribution in [3.63, 3.8) is 0 Å². The van der Waals surface area contributed by atoms with E-state index in [1.165, 1.54) is 29.4 Å². The minimum Gasteiger partial charge on any atom is -0.361 e. The molecule has 0 bridgehead atoms. The van der Waals surface area contributed by atoms with E-state index >= 15 is 0 Å². The summed E-state index contributed by atoms with van der Waals surface area (Å²) in [5, 5.41) is 1.51. The van der Waals surface area contributed by atoms with Crippen LogP contribution in [0.4, 0.5) is 0 Å². The highest BCUT2D eigenvalue weighted by Crippen LogP contribution is 2.45. The number of hydrogen-bond donors (Lipinski definition) is 1. The zero-order valence-corrected chi connectivity index (χ0v) is 12.4. The van der Waals surface area contributed by atoms with Crippen LogP contribution >= 0.6 is 0 Å². The van der Waals surface area contributed by atoms with Crippen molar-refractivity contribution >= 4 is 10.9 Å². The average molecular weight is 256 g/mol. The summed E-state index contributed by atoms with van der Waals surface area (Å²) in [5.74, 6) is 1.51. The molecule has 3 atom stereocenters. The molecule has 2 aromatic rings. The number of nitrogens with one attached hydrogen (secondary N) is 1. The van der Waals surface area contributed by atoms with Gasteiger partial charge in [-0.15, -0.1) is 0 Å². The van der Waals surface area contributed by atoms with Crippen molar-refractivity contribution in [1.29, 1.82) is 0 Å². The van der Waals surface area contributed by atoms with Gasteiger partial charge in [0, 0.05) is 35.6 Å². The second-order valence-electron chi connectivity index (χ2n) is 5.80. The molecule has 0 amide bonds. The first-order valence-electron chi connectivity index (χ1n) is 7.55. The van der Waals surface area contributed by atoms with Crippen LogP contribution in [0.1, 0.15) is 37.8 Å². The van der Waals surface area contributed by atoms with Gasteiger partial charge in [-0.1, -0.05) is 32.9 Å². The average Bonchev–Trinajstić information content (AvgIpc) is 2.97. The summed E-state index contributed by atoms with van der Waals surface area (Å²) in [6.45, 7) is 7.64. The first kappa shape index (κ1) is 12.7. The number of benzene rings is 1. The minimum atomic E-state index is 0.707. The molecule has 19 heavy (non-hydrogen) atoms. The predicted octanol–water partition coefficient (Wildman–Crippen LogP) is 3.78. The lowest BCUT2D eigenvalue weighted by molar-refractivity contribution is 0.293. The Bertz CT molecular complexity index is 584. The molecule has 1 N–H and O–H groups in total. The number of nitrogens with zero attached hydrogens (tertiary/aromatic N) is 1. The summed E-state index contributed by atoms with van der Waals surface area (Å²) in [7, 11) is 2.28. The van der Waals surface area contributed by atoms with E-state index in [0.717, 1.165) is 11.8 Å². The van der Waals surface area contributed by atoms with Crippen LogP contribution in [0.2, 0.25) is 0 Å². The van der Waals surface area contributed by atoms with Crippen molar-refractivity contribution in [2.45, 2.75) is 39.2 Å². The Balaban J connectivity index is 0.000000528. The molecule has 2 heterocycles. The van der Waals surface area contributed by atoms with E-state index < -0.39 is 0 Å². The maximum atomic E-state index is 3.42. The van der Waals surface area contributed by atoms with Gasteiger partial charge in [-0.25, -0.2) is 0 Å². The number of hydrogen-bond acceptors (Lipinski definition) is 1. The van der Waals surface area contributed by atoms with Crippen molar-refractivity contribution in [2.24, 2.45) is 5.92 Å². The van der Waals surface area contributed by atoms with Crippen LogP contribution in [0.3, 0.4) is 0 Å². The van der Waals surface area contributed by atoms with Gasteiger partial charge in [-0.2, -0.15) is 0 Å². The minimum absolute atomic E-state index is 0.707. The predicted molar refractivity (Wildman–Crippen MR) is 81.7 cm³/mol. The fraction of sp³-hybridized carbons (Fsp3) is 0.529. The molecule has 1 aromatic carbocycles. The van der Waals surface area contributed by atoms with Gasteiger partial charge in [-0.3, -0.25) is 0 Å². The highest BCUT2D eigenvalue weighted by atomic mass is 15.2. The SMILES string of the molecule is CC.CC1CN(C)C2Cc3c[nH]c4cccc(c34)C12. The van der Waals surface area contributed by atoms with E-state index in [-0.39, 0.29) is 0 Å². The second kappa shape index (κ2) is 4.68. The Kier molecular flexibility index (Phi) is 3.14. The topological polar surface area (TPSA) is 19.0 Å². The third-order valence-corrected chi connectivity index (χ3v) is 4.78. The van der Waals surface area contributed by atoms with E-state index in [1.54, 1.807) is 5.56 Å². The molecular weight excluding hydrogens is 232 g/mol. The van der Waals surface area contributed by atoms with Gasteiger partial charge in [0.2, 0.25) is 0 Å². The molecule has 1 saturated heterocycles. The summed E-state index contributed by atoms with van der Waals surface area (Å²) in [5.41, 5.74) is 4.40. The zero-order valence-electron chi connectivity index (χ0n) is 12.4. The molecule has 2 heteroatoms. The highest BCUT2D eigenvalue weighted by Gasteiger charge is 2.42. The maximum Gasteiger partial charge on any atom is 0.0459 e. The van der Waals surface area contributed by atoms with Crippen molar-refractivity contribution in [3.05, 3.63) is 35.5 Å². The molecule has 1 aliphatic heterocycles. The largest absolute Gasteiger partial charge is 0.361 e. The van der Waals surface area contributed by atoms with Crippen LogP contribution < -0.4 is 0 Å². The summed E-state index contributed by atoms with van der Waals surface area (Å²) in [4.78, 5) is 5.97. The standard InChI is InChI=1S/C15H18N2.C2H6/c1-9-8-17(2)13-6-10-7-16-12-5-3-4-11(14(9)13)15(10)12;1-2/h3-5,7,9,13-14,16H,6,8H2,1-2H3;1-2H3. The van der Waals surface area contributed by atoms with Crippen LogP contribution in [-0.4, -0.2) is 29.5 Å². The van der Waals surface area contributed by atoms with Gasteiger partial charge in [0.15, 0.2) is 0 Å². The van der Waals surface area contributed by atoms with E-state index in [1.807, 2.05) is 13.8 Å². The summed E-state index contributed by atoms with van der Waals surface area (Å²) in [6.07, 6.45) is 3.42. The summed E-state index contributed by atoms with van der Waals surface area (Å²) < 4.78 is 0. The molecule has 1 aromatic heterocycles. The third kappa shape index (κ3) is 1.73. The Morgan fingerprint density at radius 3 is 2.84 bits per heavy atom. The molecule has 2 aliphatic rings. The molecule has 102 valence electrons. The van der Waals surface area contributed by atoms with Crippen molar-refractivity contribution < 1.29 is 0 Å². The van der Waals surface area contributed by atoms with Crippen LogP contribution in [0.15, 0.2) is 24.4 Å². The molecular formula is C17H24N2. The molecule has 2 nitrogen and oxygen atoms in total. The monoisotopic (exact) mass is 256 g/mol. The Labute approximate surface area is 115 Å². The number of rotatable bonds is 0. The Morgan fingerprint density at radius 2 is 2.05 bits per heavy atom. The second-order valence-corrected chi connectivity index (χ2v) is 5.80. The summed E-state index contributed by atoms with van der Waals surface area (Å²) in [6, 6.07) is 7.45. The lowest BCUT2D eigenvalue weighted by Gasteiger charge is -2.31. The number of likely N-dealkylation sites (tertiary alicyclic amines) is 1. The fourth-order valence-corrected chi connectivity index (χ4v) is 4.10. The van der Waals surface area contributed by atoms with Crippen LogP contribution in [0.25, 0.3) is 10.9 Å². The molecule has 0 radical (unpaired) electrons. The van der Waals surface area contributed by atoms with Gasteiger partial charge in [-0.05, 0) is 36.6 Å². The molecule has 1 aliphatic carbocycles. The van der Waals surface area contributed by atoms with E-state index in [4.69, 9.17) is 0 Å². The van der Waals surface area contributed by atoms with Gasteiger partial charge in [0.25, 0.3) is 0 Å². The maximum absolute atomic E-state index is 3.42. The smallest absolute Gasteiger partial charge is 0.0459 e. The van der Waals surface area contributed by atoms with E-state index in [0.29, 0.717) is 6.04 Å². The van der Waals surface area contributed by atoms with E-state index in [9.17, 15) is 0 Å². The Hall–Kier alpha value is -1.28. The molecule has 0 saturated carbocycles. The van der Waals surface area contributed by atoms with Gasteiger partial charge in [0.05, 0.1) is 0 Å². The molecule has 4 rings (SSSR count). The van der Waals surface area contributed by atoms with Crippen molar-refractivity contribution in [2.75, 3.05) is 13.6 Å². The zero-order chi connectivity index (χ0) is 13.6. The van der Waals surface area contributed by atoms with Crippen molar-refractivity contribution in [1.82, 2.24) is 9.88 Å². The first-order chi connectivity index (χ1) is 9.25. The highest BCUT2D eigenvalue weighted by molar-refractivity contribution is 5.88. The normalized spacial score (nSPS) is 28.9. The molecule has 0 spiro atoms. The lowest BCUT2D eigenvalue weighted by atomic mass is 9.77. The summed E-state index contributed by atoms with van der Waals surface area (Å²) >= 11 is 0. The van der Waals surface area contributed by atoms with Crippen LogP contribution in [0.5, 0.6) is 0 Å². The number of aromatic amines is 1. The molecule has 1 fully saturated rings. The first-order valence-corrected chi connectivity index (χ1v) is 7.55.